The van der Waals surface area contributed by atoms with Crippen molar-refractivity contribution in [2.75, 3.05) is 13.7 Å². The van der Waals surface area contributed by atoms with E-state index in [1.807, 2.05) is 30.3 Å². The maximum absolute atomic E-state index is 11.5. The highest BCUT2D eigenvalue weighted by Gasteiger charge is 2.26. The molecule has 1 heterocycles. The van der Waals surface area contributed by atoms with Gasteiger partial charge < -0.3 is 9.47 Å². The molecule has 134 valence electrons. The molecule has 1 aliphatic rings. The number of methoxy groups -OCH3 is 1. The van der Waals surface area contributed by atoms with Gasteiger partial charge in [0.25, 0.3) is 0 Å². The summed E-state index contributed by atoms with van der Waals surface area (Å²) in [7, 11) is 1.55. The SMILES string of the molecule is COc1cc(/C=N/N2CC(=O)NC2=O)cc(Br)c1OCc1ccccc1. The van der Waals surface area contributed by atoms with Crippen molar-refractivity contribution >= 4 is 34.1 Å². The molecule has 0 saturated carbocycles. The Morgan fingerprint density at radius 2 is 2.04 bits per heavy atom. The quantitative estimate of drug-likeness (QED) is 0.578. The third-order valence-corrected chi connectivity index (χ3v) is 4.19. The topological polar surface area (TPSA) is 80.2 Å². The number of rotatable bonds is 6. The number of ether oxygens (including phenoxy) is 2. The van der Waals surface area contributed by atoms with E-state index in [9.17, 15) is 9.59 Å². The highest BCUT2D eigenvalue weighted by Crippen LogP contribution is 2.36. The molecular formula is C18H16BrN3O4. The molecule has 1 saturated heterocycles. The standard InChI is InChI=1S/C18H16BrN3O4/c1-25-15-8-13(9-20-22-10-16(23)21-18(22)24)7-14(19)17(15)26-11-12-5-3-2-4-6-12/h2-9H,10-11H2,1H3,(H,21,23,24)/b20-9+. The minimum atomic E-state index is -0.542. The molecular weight excluding hydrogens is 402 g/mol. The minimum Gasteiger partial charge on any atom is -0.493 e. The van der Waals surface area contributed by atoms with Gasteiger partial charge in [-0.05, 0) is 39.2 Å². The number of nitrogens with zero attached hydrogens (tertiary/aromatic N) is 2. The van der Waals surface area contributed by atoms with E-state index in [0.29, 0.717) is 28.1 Å². The first kappa shape index (κ1) is 17.9. The second kappa shape index (κ2) is 8.01. The van der Waals surface area contributed by atoms with Crippen LogP contribution in [0.4, 0.5) is 4.79 Å². The van der Waals surface area contributed by atoms with Crippen molar-refractivity contribution in [1.29, 1.82) is 0 Å². The average Bonchev–Trinajstić information content (AvgIpc) is 2.96. The van der Waals surface area contributed by atoms with E-state index in [1.165, 1.54) is 6.21 Å². The number of carbonyl (C=O) groups is 2. The van der Waals surface area contributed by atoms with Crippen LogP contribution in [-0.2, 0) is 11.4 Å². The number of urea groups is 1. The molecule has 1 N–H and O–H groups in total. The zero-order valence-electron chi connectivity index (χ0n) is 13.9. The number of carbonyl (C=O) groups excluding carboxylic acids is 2. The average molecular weight is 418 g/mol. The van der Waals surface area contributed by atoms with Gasteiger partial charge >= 0.3 is 6.03 Å². The molecule has 0 radical (unpaired) electrons. The largest absolute Gasteiger partial charge is 0.493 e. The summed E-state index contributed by atoms with van der Waals surface area (Å²) in [4.78, 5) is 22.7. The van der Waals surface area contributed by atoms with Crippen LogP contribution in [0.15, 0.2) is 52.0 Å². The molecule has 0 aromatic heterocycles. The van der Waals surface area contributed by atoms with Crippen LogP contribution in [0.3, 0.4) is 0 Å². The second-order valence-electron chi connectivity index (χ2n) is 5.46. The van der Waals surface area contributed by atoms with Gasteiger partial charge in [0.2, 0.25) is 5.91 Å². The number of nitrogens with one attached hydrogen (secondary N) is 1. The Labute approximate surface area is 158 Å². The van der Waals surface area contributed by atoms with Crippen molar-refractivity contribution < 1.29 is 19.1 Å². The van der Waals surface area contributed by atoms with Crippen LogP contribution in [0.2, 0.25) is 0 Å². The first-order chi connectivity index (χ1) is 12.6. The van der Waals surface area contributed by atoms with Crippen molar-refractivity contribution in [3.63, 3.8) is 0 Å². The monoisotopic (exact) mass is 417 g/mol. The molecule has 0 spiro atoms. The first-order valence-corrected chi connectivity index (χ1v) is 8.55. The van der Waals surface area contributed by atoms with Crippen molar-refractivity contribution in [3.8, 4) is 11.5 Å². The van der Waals surface area contributed by atoms with Crippen molar-refractivity contribution in [1.82, 2.24) is 10.3 Å². The van der Waals surface area contributed by atoms with Gasteiger partial charge in [-0.25, -0.2) is 9.80 Å². The van der Waals surface area contributed by atoms with Crippen LogP contribution in [-0.4, -0.2) is 36.8 Å². The third kappa shape index (κ3) is 4.20. The Hall–Kier alpha value is -2.87. The van der Waals surface area contributed by atoms with Crippen LogP contribution in [0.1, 0.15) is 11.1 Å². The van der Waals surface area contributed by atoms with Gasteiger partial charge in [0, 0.05) is 0 Å². The number of hydrogen-bond acceptors (Lipinski definition) is 5. The highest BCUT2D eigenvalue weighted by molar-refractivity contribution is 9.10. The predicted molar refractivity (Wildman–Crippen MR) is 99.3 cm³/mol. The maximum Gasteiger partial charge on any atom is 0.344 e. The summed E-state index contributed by atoms with van der Waals surface area (Å²) >= 11 is 3.47. The van der Waals surface area contributed by atoms with Gasteiger partial charge in [-0.3, -0.25) is 10.1 Å². The molecule has 3 rings (SSSR count). The molecule has 0 atom stereocenters. The third-order valence-electron chi connectivity index (χ3n) is 3.60. The lowest BCUT2D eigenvalue weighted by Crippen LogP contribution is -2.24. The van der Waals surface area contributed by atoms with Crippen LogP contribution in [0.5, 0.6) is 11.5 Å². The van der Waals surface area contributed by atoms with Gasteiger partial charge in [-0.2, -0.15) is 5.10 Å². The number of amides is 3. The number of halogens is 1. The van der Waals surface area contributed by atoms with Crippen molar-refractivity contribution in [2.24, 2.45) is 5.10 Å². The second-order valence-corrected chi connectivity index (χ2v) is 6.32. The number of hydrogen-bond donors (Lipinski definition) is 1. The van der Waals surface area contributed by atoms with E-state index in [1.54, 1.807) is 19.2 Å². The summed E-state index contributed by atoms with van der Waals surface area (Å²) in [5.41, 5.74) is 1.73. The summed E-state index contributed by atoms with van der Waals surface area (Å²) < 4.78 is 12.0. The van der Waals surface area contributed by atoms with E-state index < -0.39 is 6.03 Å². The number of benzene rings is 2. The summed E-state index contributed by atoms with van der Waals surface area (Å²) in [5, 5.41) is 7.24. The molecule has 0 bridgehead atoms. The lowest BCUT2D eigenvalue weighted by Gasteiger charge is -2.13. The lowest BCUT2D eigenvalue weighted by atomic mass is 10.2. The Balaban J connectivity index is 1.76. The summed E-state index contributed by atoms with van der Waals surface area (Å²) in [5.74, 6) is 0.719. The fraction of sp³-hybridized carbons (Fsp3) is 0.167. The van der Waals surface area contributed by atoms with E-state index in [2.05, 4.69) is 26.3 Å². The first-order valence-electron chi connectivity index (χ1n) is 7.76. The molecule has 7 nitrogen and oxygen atoms in total. The smallest absolute Gasteiger partial charge is 0.344 e. The van der Waals surface area contributed by atoms with Crippen LogP contribution in [0.25, 0.3) is 0 Å². The zero-order valence-corrected chi connectivity index (χ0v) is 15.5. The molecule has 2 aromatic carbocycles. The highest BCUT2D eigenvalue weighted by atomic mass is 79.9. The normalized spacial score (nSPS) is 14.0. The Morgan fingerprint density at radius 3 is 2.69 bits per heavy atom. The Kier molecular flexibility index (Phi) is 5.52. The molecule has 1 fully saturated rings. The Morgan fingerprint density at radius 1 is 1.27 bits per heavy atom. The van der Waals surface area contributed by atoms with Crippen LogP contribution < -0.4 is 14.8 Å². The minimum absolute atomic E-state index is 0.0914. The van der Waals surface area contributed by atoms with Gasteiger partial charge in [0.15, 0.2) is 11.5 Å². The fourth-order valence-corrected chi connectivity index (χ4v) is 2.92. The van der Waals surface area contributed by atoms with Gasteiger partial charge in [-0.1, -0.05) is 30.3 Å². The zero-order chi connectivity index (χ0) is 18.5. The van der Waals surface area contributed by atoms with E-state index in [4.69, 9.17) is 9.47 Å². The molecule has 0 unspecified atom stereocenters. The van der Waals surface area contributed by atoms with Crippen LogP contribution >= 0.6 is 15.9 Å². The molecule has 2 aromatic rings. The number of hydrazone groups is 1. The van der Waals surface area contributed by atoms with E-state index >= 15 is 0 Å². The molecule has 3 amide bonds. The lowest BCUT2D eigenvalue weighted by molar-refractivity contribution is -0.118. The maximum atomic E-state index is 11.5. The van der Waals surface area contributed by atoms with Crippen molar-refractivity contribution in [2.45, 2.75) is 6.61 Å². The molecule has 26 heavy (non-hydrogen) atoms. The summed E-state index contributed by atoms with van der Waals surface area (Å²) in [6.45, 7) is 0.311. The Bertz CT molecular complexity index is 855. The van der Waals surface area contributed by atoms with Gasteiger partial charge in [0.05, 0.1) is 17.8 Å². The fourth-order valence-electron chi connectivity index (χ4n) is 2.34. The molecule has 0 aliphatic carbocycles. The van der Waals surface area contributed by atoms with Crippen molar-refractivity contribution in [3.05, 3.63) is 58.1 Å². The van der Waals surface area contributed by atoms with Crippen LogP contribution in [0, 0.1) is 0 Å². The van der Waals surface area contributed by atoms with Gasteiger partial charge in [0.1, 0.15) is 13.2 Å². The number of imide groups is 1. The molecule has 8 heteroatoms. The van der Waals surface area contributed by atoms with E-state index in [-0.39, 0.29) is 12.5 Å². The summed E-state index contributed by atoms with van der Waals surface area (Å²) in [6.07, 6.45) is 1.48. The molecule has 1 aliphatic heterocycles. The predicted octanol–water partition coefficient (Wildman–Crippen LogP) is 2.92. The van der Waals surface area contributed by atoms with E-state index in [0.717, 1.165) is 10.6 Å². The summed E-state index contributed by atoms with van der Waals surface area (Å²) in [6, 6.07) is 12.8. The van der Waals surface area contributed by atoms with Gasteiger partial charge in [-0.15, -0.1) is 0 Å².